The number of benzodiazepines with no additional fused rings is 1. The molecule has 0 N–H and O–H groups in total. The van der Waals surface area contributed by atoms with E-state index in [-0.39, 0.29) is 37.4 Å². The van der Waals surface area contributed by atoms with Crippen molar-refractivity contribution >= 4 is 29.6 Å². The molecule has 4 rings (SSSR count). The molecule has 124 valence electrons. The third kappa shape index (κ3) is 2.52. The van der Waals surface area contributed by atoms with E-state index >= 15 is 0 Å². The lowest BCUT2D eigenvalue weighted by Gasteiger charge is -2.24. The largest absolute Gasteiger partial charge is 0.308 e. The molecule has 0 aliphatic carbocycles. The number of aliphatic imine (C=N–C) groups is 1. The fraction of sp³-hybridized carbons (Fsp3) is 0.158. The van der Waals surface area contributed by atoms with Gasteiger partial charge in [0.05, 0.1) is 16.8 Å². The van der Waals surface area contributed by atoms with Crippen LogP contribution in [0.2, 0.25) is 0 Å². The third-order valence-corrected chi connectivity index (χ3v) is 4.41. The Kier molecular flexibility index (Phi) is 3.65. The molecule has 6 nitrogen and oxygen atoms in total. The predicted molar refractivity (Wildman–Crippen MR) is 93.1 cm³/mol. The van der Waals surface area contributed by atoms with E-state index in [4.69, 9.17) is 0 Å². The van der Waals surface area contributed by atoms with Crippen LogP contribution >= 0.6 is 0 Å². The Morgan fingerprint density at radius 2 is 1.40 bits per heavy atom. The first-order chi connectivity index (χ1) is 12.2. The average Bonchev–Trinajstić information content (AvgIpc) is 2.77. The lowest BCUT2D eigenvalue weighted by Crippen LogP contribution is -2.41. The number of anilines is 1. The quantitative estimate of drug-likeness (QED) is 0.804. The second kappa shape index (κ2) is 5.98. The molecule has 0 saturated heterocycles. The van der Waals surface area contributed by atoms with Crippen LogP contribution in [0.4, 0.5) is 5.69 Å². The van der Waals surface area contributed by atoms with E-state index in [0.29, 0.717) is 11.1 Å². The van der Waals surface area contributed by atoms with Gasteiger partial charge in [0.1, 0.15) is 6.54 Å². The summed E-state index contributed by atoms with van der Waals surface area (Å²) in [6.45, 7) is 0.438. The van der Waals surface area contributed by atoms with Crippen molar-refractivity contribution < 1.29 is 14.4 Å². The van der Waals surface area contributed by atoms with Crippen molar-refractivity contribution in [3.05, 3.63) is 65.2 Å². The number of fused-ring (bicyclic) bond motifs is 2. The van der Waals surface area contributed by atoms with Gasteiger partial charge < -0.3 is 4.90 Å². The molecule has 2 heterocycles. The van der Waals surface area contributed by atoms with E-state index in [1.54, 1.807) is 35.4 Å². The van der Waals surface area contributed by atoms with E-state index in [2.05, 4.69) is 4.99 Å². The fourth-order valence-electron chi connectivity index (χ4n) is 3.17. The Labute approximate surface area is 144 Å². The topological polar surface area (TPSA) is 70.1 Å². The number of carbonyl (C=O) groups excluding carboxylic acids is 3. The summed E-state index contributed by atoms with van der Waals surface area (Å²) >= 11 is 0. The van der Waals surface area contributed by atoms with Crippen molar-refractivity contribution in [2.75, 3.05) is 24.5 Å². The van der Waals surface area contributed by atoms with Crippen molar-refractivity contribution in [2.24, 2.45) is 4.99 Å². The minimum absolute atomic E-state index is 0.0524. The number of para-hydroxylation sites is 1. The van der Waals surface area contributed by atoms with Crippen LogP contribution in [0, 0.1) is 0 Å². The van der Waals surface area contributed by atoms with E-state index in [0.717, 1.165) is 11.3 Å². The smallest absolute Gasteiger partial charge is 0.261 e. The lowest BCUT2D eigenvalue weighted by atomic mass is 10.1. The highest BCUT2D eigenvalue weighted by Crippen LogP contribution is 2.24. The molecule has 0 aromatic heterocycles. The second-order valence-electron chi connectivity index (χ2n) is 5.88. The molecule has 0 atom stereocenters. The number of amides is 3. The molecule has 0 saturated carbocycles. The number of imide groups is 1. The van der Waals surface area contributed by atoms with Crippen molar-refractivity contribution in [1.29, 1.82) is 0 Å². The summed E-state index contributed by atoms with van der Waals surface area (Å²) < 4.78 is 0. The average molecular weight is 333 g/mol. The fourth-order valence-corrected chi connectivity index (χ4v) is 3.17. The van der Waals surface area contributed by atoms with Crippen LogP contribution in [0.5, 0.6) is 0 Å². The Morgan fingerprint density at radius 3 is 2.12 bits per heavy atom. The Hall–Kier alpha value is -3.28. The van der Waals surface area contributed by atoms with Crippen LogP contribution in [-0.4, -0.2) is 48.5 Å². The third-order valence-electron chi connectivity index (χ3n) is 4.41. The molecule has 2 aliphatic heterocycles. The second-order valence-corrected chi connectivity index (χ2v) is 5.88. The molecule has 0 bridgehead atoms. The monoisotopic (exact) mass is 333 g/mol. The molecular weight excluding hydrogens is 318 g/mol. The first-order valence-electron chi connectivity index (χ1n) is 8.01. The Morgan fingerprint density at radius 1 is 0.800 bits per heavy atom. The molecule has 2 aromatic rings. The normalized spacial score (nSPS) is 16.1. The maximum Gasteiger partial charge on any atom is 0.261 e. The number of benzene rings is 2. The van der Waals surface area contributed by atoms with Crippen molar-refractivity contribution in [2.45, 2.75) is 0 Å². The lowest BCUT2D eigenvalue weighted by molar-refractivity contribution is -0.117. The van der Waals surface area contributed by atoms with Crippen molar-refractivity contribution in [3.63, 3.8) is 0 Å². The van der Waals surface area contributed by atoms with Crippen LogP contribution in [0.15, 0.2) is 53.5 Å². The van der Waals surface area contributed by atoms with Crippen LogP contribution in [0.25, 0.3) is 0 Å². The summed E-state index contributed by atoms with van der Waals surface area (Å²) in [5, 5.41) is 0. The number of hydrogen-bond donors (Lipinski definition) is 0. The Bertz CT molecular complexity index is 885. The predicted octanol–water partition coefficient (Wildman–Crippen LogP) is 1.75. The van der Waals surface area contributed by atoms with Gasteiger partial charge in [-0.05, 0) is 18.2 Å². The molecule has 0 unspecified atom stereocenters. The number of rotatable bonds is 3. The van der Waals surface area contributed by atoms with Gasteiger partial charge in [-0.3, -0.25) is 24.3 Å². The zero-order chi connectivity index (χ0) is 17.4. The summed E-state index contributed by atoms with van der Waals surface area (Å²) in [6, 6.07) is 14.2. The van der Waals surface area contributed by atoms with Crippen LogP contribution < -0.4 is 4.90 Å². The maximum atomic E-state index is 12.5. The van der Waals surface area contributed by atoms with Crippen LogP contribution in [-0.2, 0) is 4.79 Å². The van der Waals surface area contributed by atoms with Gasteiger partial charge in [-0.1, -0.05) is 30.3 Å². The molecule has 0 fully saturated rings. The van der Waals surface area contributed by atoms with Gasteiger partial charge in [0.2, 0.25) is 5.91 Å². The first kappa shape index (κ1) is 15.3. The molecule has 2 aromatic carbocycles. The van der Waals surface area contributed by atoms with Crippen LogP contribution in [0.1, 0.15) is 26.3 Å². The van der Waals surface area contributed by atoms with E-state index in [1.165, 1.54) is 4.90 Å². The summed E-state index contributed by atoms with van der Waals surface area (Å²) in [7, 11) is 0. The van der Waals surface area contributed by atoms with Gasteiger partial charge in [0, 0.05) is 24.9 Å². The summed E-state index contributed by atoms with van der Waals surface area (Å²) in [6.07, 6.45) is 1.68. The van der Waals surface area contributed by atoms with Crippen molar-refractivity contribution in [1.82, 2.24) is 4.90 Å². The highest BCUT2D eigenvalue weighted by Gasteiger charge is 2.35. The maximum absolute atomic E-state index is 12.5. The van der Waals surface area contributed by atoms with E-state index in [9.17, 15) is 14.4 Å². The molecule has 25 heavy (non-hydrogen) atoms. The summed E-state index contributed by atoms with van der Waals surface area (Å²) in [4.78, 5) is 44.2. The standard InChI is InChI=1S/C19H15N3O3/c23-17-12-20-11-13-5-1-4-8-16(13)21(17)9-10-22-18(24)14-6-2-3-7-15(14)19(22)25/h1-8,11H,9-10,12H2. The van der Waals surface area contributed by atoms with Gasteiger partial charge in [0.15, 0.2) is 0 Å². The van der Waals surface area contributed by atoms with Gasteiger partial charge in [0.25, 0.3) is 11.8 Å². The highest BCUT2D eigenvalue weighted by molar-refractivity contribution is 6.21. The SMILES string of the molecule is O=C1c2ccccc2C(=O)N1CCN1C(=O)CN=Cc2ccccc21. The van der Waals surface area contributed by atoms with Gasteiger partial charge in [-0.25, -0.2) is 0 Å². The molecule has 0 spiro atoms. The number of nitrogens with zero attached hydrogens (tertiary/aromatic N) is 3. The molecule has 2 aliphatic rings. The molecular formula is C19H15N3O3. The Balaban J connectivity index is 1.57. The van der Waals surface area contributed by atoms with Gasteiger partial charge >= 0.3 is 0 Å². The van der Waals surface area contributed by atoms with Gasteiger partial charge in [-0.15, -0.1) is 0 Å². The van der Waals surface area contributed by atoms with E-state index < -0.39 is 0 Å². The van der Waals surface area contributed by atoms with Crippen molar-refractivity contribution in [3.8, 4) is 0 Å². The van der Waals surface area contributed by atoms with E-state index in [1.807, 2.05) is 24.3 Å². The highest BCUT2D eigenvalue weighted by atomic mass is 16.2. The zero-order valence-electron chi connectivity index (χ0n) is 13.4. The van der Waals surface area contributed by atoms with Gasteiger partial charge in [-0.2, -0.15) is 0 Å². The minimum atomic E-state index is -0.313. The number of carbonyl (C=O) groups is 3. The number of hydrogen-bond acceptors (Lipinski definition) is 4. The summed E-state index contributed by atoms with van der Waals surface area (Å²) in [5.41, 5.74) is 2.41. The van der Waals surface area contributed by atoms with Crippen LogP contribution in [0.3, 0.4) is 0 Å². The minimum Gasteiger partial charge on any atom is -0.308 e. The molecule has 6 heteroatoms. The first-order valence-corrected chi connectivity index (χ1v) is 8.01. The molecule has 3 amide bonds. The summed E-state index contributed by atoms with van der Waals surface area (Å²) in [5.74, 6) is -0.780. The molecule has 0 radical (unpaired) electrons. The zero-order valence-corrected chi connectivity index (χ0v) is 13.4.